The number of aliphatic hydroxyl groups excluding tert-OH is 1. The summed E-state index contributed by atoms with van der Waals surface area (Å²) in [5.74, 6) is 1.28. The van der Waals surface area contributed by atoms with Crippen LogP contribution in [-0.4, -0.2) is 61.0 Å². The van der Waals surface area contributed by atoms with Crippen LogP contribution < -0.4 is 0 Å². The number of esters is 3. The Morgan fingerprint density at radius 1 is 0.507 bits per heavy atom. The minimum Gasteiger partial charge on any atom is -0.469 e. The number of carbonyl (C=O) groups excluding carboxylic acids is 5. The first-order valence-electron chi connectivity index (χ1n) is 29.1. The van der Waals surface area contributed by atoms with Crippen LogP contribution in [0.5, 0.6) is 0 Å². The monoisotopic (exact) mass is 1010 g/mol. The molecule has 8 saturated carbocycles. The molecule has 9 nitrogen and oxygen atoms in total. The molecule has 0 radical (unpaired) electrons. The van der Waals surface area contributed by atoms with Crippen LogP contribution in [0.1, 0.15) is 219 Å². The van der Waals surface area contributed by atoms with Crippen LogP contribution >= 0.6 is 0 Å². The summed E-state index contributed by atoms with van der Waals surface area (Å²) in [4.78, 5) is 66.3. The van der Waals surface area contributed by atoms with E-state index in [-0.39, 0.29) is 108 Å². The molecule has 1 N–H and O–H groups in total. The molecule has 0 saturated heterocycles. The lowest BCUT2D eigenvalue weighted by molar-refractivity contribution is -0.210. The second-order valence-corrected chi connectivity index (χ2v) is 30.8. The summed E-state index contributed by atoms with van der Waals surface area (Å²) in [6, 6.07) is 0. The summed E-state index contributed by atoms with van der Waals surface area (Å²) in [6.07, 6.45) is 21.1. The number of ketones is 2. The van der Waals surface area contributed by atoms with Crippen LogP contribution in [0.15, 0.2) is 23.3 Å². The number of hydrogen-bond donors (Lipinski definition) is 1. The fraction of sp³-hybridized carbons (Fsp3) is 0.859. The Balaban J connectivity index is 0.000000180. The third-order valence-electron chi connectivity index (χ3n) is 26.7. The van der Waals surface area contributed by atoms with Crippen LogP contribution in [0, 0.1) is 100 Å². The fourth-order valence-corrected chi connectivity index (χ4v) is 21.6. The average molecular weight is 1010 g/mol. The summed E-state index contributed by atoms with van der Waals surface area (Å²) in [6.45, 7) is 33.9. The van der Waals surface area contributed by atoms with Crippen LogP contribution in [0.2, 0.25) is 0 Å². The first-order valence-corrected chi connectivity index (χ1v) is 29.1. The lowest BCUT2D eigenvalue weighted by Gasteiger charge is -2.70. The van der Waals surface area contributed by atoms with E-state index in [2.05, 4.69) is 109 Å². The number of aliphatic hydroxyl groups is 1. The Bertz CT molecular complexity index is 2400. The third kappa shape index (κ3) is 7.42. The molecular formula is C64H98O9. The van der Waals surface area contributed by atoms with Crippen LogP contribution in [0.4, 0.5) is 0 Å². The maximum absolute atomic E-state index is 14.4. The van der Waals surface area contributed by atoms with E-state index in [1.54, 1.807) is 0 Å². The van der Waals surface area contributed by atoms with E-state index in [1.165, 1.54) is 32.3 Å². The van der Waals surface area contributed by atoms with Gasteiger partial charge in [0.25, 0.3) is 0 Å². The van der Waals surface area contributed by atoms with Crippen molar-refractivity contribution in [1.82, 2.24) is 0 Å². The molecule has 73 heavy (non-hydrogen) atoms. The van der Waals surface area contributed by atoms with Gasteiger partial charge < -0.3 is 19.3 Å². The number of carbonyl (C=O) groups is 5. The van der Waals surface area contributed by atoms with Crippen molar-refractivity contribution in [2.45, 2.75) is 232 Å². The van der Waals surface area contributed by atoms with Gasteiger partial charge in [0.05, 0.1) is 31.2 Å². The molecule has 408 valence electrons. The second kappa shape index (κ2) is 17.1. The Kier molecular flexibility index (Phi) is 12.9. The normalized spacial score (nSPS) is 51.0. The molecule has 10 rings (SSSR count). The Hall–Kier alpha value is -2.81. The van der Waals surface area contributed by atoms with Gasteiger partial charge >= 0.3 is 17.9 Å². The fourth-order valence-electron chi connectivity index (χ4n) is 21.6. The summed E-state index contributed by atoms with van der Waals surface area (Å²) in [5, 5.41) is 10.9. The van der Waals surface area contributed by atoms with Gasteiger partial charge in [-0.2, -0.15) is 0 Å². The van der Waals surface area contributed by atoms with Gasteiger partial charge in [-0.05, 0) is 214 Å². The van der Waals surface area contributed by atoms with E-state index < -0.39 is 10.8 Å². The molecule has 0 bridgehead atoms. The van der Waals surface area contributed by atoms with Crippen molar-refractivity contribution in [2.24, 2.45) is 100 Å². The standard InChI is InChI=1S/C33H50O5.C31H48O4/c1-20(34)38-25-11-12-31(6)24(28(25,2)3)10-13-33(8)26(31)23(35)18-21-22-19-30(5,27(36)37-9)15-14-29(22,4)16-17-32(21,33)7;1-26(2)22-9-12-31(7)24(29(22,5)11-10-23(26)33)21(32)17-19-20-18-28(4,25(34)35-8)14-13-27(20,3)15-16-30(19,31)6/h18,22,24-26H,10-17,19H2,1-9H3;17,20,22-24,33H,9-16,18H2,1-8H3/t22-,24-,25-,26+,29+,30-,31-,32+,33+;20-,22-,23-,24+,27+,28-,29-,30+,31+/m00/s1. The lowest BCUT2D eigenvalue weighted by atomic mass is 9.33. The quantitative estimate of drug-likeness (QED) is 0.217. The Morgan fingerprint density at radius 3 is 1.29 bits per heavy atom. The van der Waals surface area contributed by atoms with E-state index in [1.807, 2.05) is 0 Å². The topological polar surface area (TPSA) is 133 Å². The molecule has 0 unspecified atom stereocenters. The van der Waals surface area contributed by atoms with Gasteiger partial charge in [-0.25, -0.2) is 0 Å². The molecule has 0 spiro atoms. The summed E-state index contributed by atoms with van der Waals surface area (Å²) < 4.78 is 16.3. The third-order valence-corrected chi connectivity index (χ3v) is 26.7. The molecule has 0 aromatic heterocycles. The molecule has 0 aromatic carbocycles. The molecule has 8 fully saturated rings. The smallest absolute Gasteiger partial charge is 0.311 e. The zero-order valence-corrected chi connectivity index (χ0v) is 48.7. The molecule has 0 aliphatic heterocycles. The lowest BCUT2D eigenvalue weighted by Crippen LogP contribution is -2.66. The maximum atomic E-state index is 14.4. The van der Waals surface area contributed by atoms with E-state index in [9.17, 15) is 29.1 Å². The summed E-state index contributed by atoms with van der Waals surface area (Å²) in [7, 11) is 3.00. The van der Waals surface area contributed by atoms with Gasteiger partial charge in [0, 0.05) is 24.2 Å². The number of hydrogen-bond acceptors (Lipinski definition) is 9. The van der Waals surface area contributed by atoms with E-state index in [4.69, 9.17) is 14.2 Å². The summed E-state index contributed by atoms with van der Waals surface area (Å²) >= 11 is 0. The van der Waals surface area contributed by atoms with Gasteiger partial charge in [0.2, 0.25) is 0 Å². The van der Waals surface area contributed by atoms with Crippen molar-refractivity contribution < 1.29 is 43.3 Å². The number of ether oxygens (including phenoxy) is 3. The van der Waals surface area contributed by atoms with Gasteiger partial charge in [0.1, 0.15) is 6.10 Å². The largest absolute Gasteiger partial charge is 0.469 e. The van der Waals surface area contributed by atoms with Crippen LogP contribution in [-0.2, 0) is 38.2 Å². The average Bonchev–Trinajstić information content (AvgIpc) is 3.30. The minimum atomic E-state index is -0.498. The zero-order valence-electron chi connectivity index (χ0n) is 48.7. The van der Waals surface area contributed by atoms with E-state index in [0.717, 1.165) is 116 Å². The van der Waals surface area contributed by atoms with Gasteiger partial charge in [0.15, 0.2) is 11.6 Å². The molecule has 0 heterocycles. The highest BCUT2D eigenvalue weighted by Gasteiger charge is 2.73. The van der Waals surface area contributed by atoms with Crippen LogP contribution in [0.25, 0.3) is 0 Å². The highest BCUT2D eigenvalue weighted by Crippen LogP contribution is 2.77. The van der Waals surface area contributed by atoms with E-state index in [0.29, 0.717) is 23.4 Å². The highest BCUT2D eigenvalue weighted by atomic mass is 16.5. The molecule has 10 aliphatic rings. The van der Waals surface area contributed by atoms with Crippen molar-refractivity contribution in [1.29, 1.82) is 0 Å². The number of allylic oxidation sites excluding steroid dienone is 4. The second-order valence-electron chi connectivity index (χ2n) is 30.8. The SMILES string of the molecule is COC(=O)[C@@]1(C)CC[C@]2(C)CC[C@]3(C)C(=CC(=O)[C@@H]4[C@@]5(C)CC[C@H](O)C(C)(C)[C@@H]5CC[C@]43C)[C@@H]2C1.COC(=O)[C@@]1(C)CC[C@]2(C)CC[C@]3(C)C(=CC(=O)[C@@H]4[C@@]5(C)CC[C@H](OC(C)=O)C(C)(C)[C@@H]5CC[C@]43C)[C@@H]2C1. The maximum Gasteiger partial charge on any atom is 0.311 e. The van der Waals surface area contributed by atoms with Crippen molar-refractivity contribution in [3.8, 4) is 0 Å². The predicted molar refractivity (Wildman–Crippen MR) is 284 cm³/mol. The van der Waals surface area contributed by atoms with Gasteiger partial charge in [-0.15, -0.1) is 0 Å². The predicted octanol–water partition coefficient (Wildman–Crippen LogP) is 13.6. The molecule has 18 atom stereocenters. The zero-order chi connectivity index (χ0) is 53.9. The first kappa shape index (κ1) is 55.0. The van der Waals surface area contributed by atoms with Crippen molar-refractivity contribution in [3.63, 3.8) is 0 Å². The first-order chi connectivity index (χ1) is 33.6. The molecule has 9 heteroatoms. The number of fused-ring (bicyclic) bond motifs is 14. The molecular weight excluding hydrogens is 913 g/mol. The Labute approximate surface area is 440 Å². The Morgan fingerprint density at radius 2 is 0.890 bits per heavy atom. The van der Waals surface area contributed by atoms with E-state index >= 15 is 0 Å². The highest BCUT2D eigenvalue weighted by molar-refractivity contribution is 5.96. The summed E-state index contributed by atoms with van der Waals surface area (Å²) in [5.41, 5.74) is 1.01. The number of methoxy groups -OCH3 is 2. The molecule has 0 amide bonds. The van der Waals surface area contributed by atoms with Gasteiger partial charge in [-0.3, -0.25) is 24.0 Å². The van der Waals surface area contributed by atoms with Crippen molar-refractivity contribution in [3.05, 3.63) is 23.3 Å². The minimum absolute atomic E-state index is 0.00536. The van der Waals surface area contributed by atoms with Crippen molar-refractivity contribution >= 4 is 29.5 Å². The molecule has 10 aliphatic carbocycles. The number of rotatable bonds is 3. The van der Waals surface area contributed by atoms with Crippen molar-refractivity contribution in [2.75, 3.05) is 14.2 Å². The molecule has 0 aromatic rings. The van der Waals surface area contributed by atoms with Gasteiger partial charge in [-0.1, -0.05) is 94.2 Å². The van der Waals surface area contributed by atoms with Crippen LogP contribution in [0.3, 0.4) is 0 Å².